The molecule has 1 aromatic rings. The van der Waals surface area contributed by atoms with Crippen LogP contribution in [0, 0.1) is 6.92 Å². The molecule has 0 spiro atoms. The second-order valence-electron chi connectivity index (χ2n) is 6.28. The molecule has 10 nitrogen and oxygen atoms in total. The number of aliphatic hydroxyl groups excluding tert-OH is 1. The minimum Gasteiger partial charge on any atom is -0.462 e. The lowest BCUT2D eigenvalue weighted by Crippen LogP contribution is -2.36. The minimum atomic E-state index is -1.88. The number of aliphatic hydroxyl groups is 1. The van der Waals surface area contributed by atoms with Gasteiger partial charge in [-0.05, 0) is 20.8 Å². The Labute approximate surface area is 155 Å². The van der Waals surface area contributed by atoms with Gasteiger partial charge in [-0.15, -0.1) is 0 Å². The molecule has 0 radical (unpaired) electrons. The number of carbonyl (C=O) groups is 1. The van der Waals surface area contributed by atoms with Crippen LogP contribution in [0.25, 0.3) is 0 Å². The number of aromatic nitrogens is 2. The summed E-state index contributed by atoms with van der Waals surface area (Å²) in [6.07, 6.45) is -4.82. The van der Waals surface area contributed by atoms with Crippen LogP contribution in [0.5, 0.6) is 0 Å². The summed E-state index contributed by atoms with van der Waals surface area (Å²) in [4.78, 5) is 36.7. The van der Waals surface area contributed by atoms with Crippen molar-refractivity contribution in [2.45, 2.75) is 51.5 Å². The number of alkyl halides is 1. The Balaban J connectivity index is 1.86. The molecule has 152 valence electrons. The molecule has 27 heavy (non-hydrogen) atoms. The van der Waals surface area contributed by atoms with Crippen LogP contribution >= 0.6 is 8.96 Å². The highest BCUT2D eigenvalue weighted by molar-refractivity contribution is 7.29. The average molecular weight is 407 g/mol. The molecular formula is C15H23FN3O7P. The van der Waals surface area contributed by atoms with Crippen LogP contribution < -0.4 is 16.3 Å². The molecule has 0 saturated carbocycles. The van der Waals surface area contributed by atoms with E-state index < -0.39 is 41.8 Å². The molecule has 1 fully saturated rings. The van der Waals surface area contributed by atoms with Crippen LogP contribution in [0.4, 0.5) is 4.39 Å². The number of aryl methyl sites for hydroxylation is 1. The summed E-state index contributed by atoms with van der Waals surface area (Å²) in [5, 5.41) is 12.7. The molecule has 1 aromatic heterocycles. The van der Waals surface area contributed by atoms with Crippen LogP contribution in [0.2, 0.25) is 0 Å². The lowest BCUT2D eigenvalue weighted by atomic mass is 10.1. The highest BCUT2D eigenvalue weighted by atomic mass is 31.1. The normalized spacial score (nSPS) is 25.6. The molecule has 2 rings (SSSR count). The van der Waals surface area contributed by atoms with Gasteiger partial charge in [-0.3, -0.25) is 24.2 Å². The smallest absolute Gasteiger partial charge is 0.330 e. The van der Waals surface area contributed by atoms with Crippen molar-refractivity contribution < 1.29 is 28.3 Å². The number of rotatable bonds is 8. The maximum Gasteiger partial charge on any atom is 0.330 e. The first kappa shape index (κ1) is 21.6. The molecule has 0 bridgehead atoms. The molecule has 1 aliphatic heterocycles. The number of nitrogens with one attached hydrogen (secondary N) is 2. The van der Waals surface area contributed by atoms with Crippen molar-refractivity contribution >= 4 is 14.9 Å². The van der Waals surface area contributed by atoms with Gasteiger partial charge in [0.05, 0.1) is 28.2 Å². The molecular weight excluding hydrogens is 384 g/mol. The van der Waals surface area contributed by atoms with Gasteiger partial charge in [0.2, 0.25) is 0 Å². The Hall–Kier alpha value is -1.65. The number of ether oxygens (including phenoxy) is 2. The number of H-pyrrole nitrogens is 1. The fraction of sp³-hybridized carbons (Fsp3) is 0.667. The van der Waals surface area contributed by atoms with E-state index in [9.17, 15) is 23.9 Å². The fourth-order valence-electron chi connectivity index (χ4n) is 2.43. The predicted octanol–water partition coefficient (Wildman–Crippen LogP) is -0.492. The Morgan fingerprint density at radius 3 is 2.89 bits per heavy atom. The Kier molecular flexibility index (Phi) is 7.63. The van der Waals surface area contributed by atoms with Crippen molar-refractivity contribution in [1.29, 1.82) is 0 Å². The quantitative estimate of drug-likeness (QED) is 0.299. The standard InChI is InChI=1S/C15H23FN3O7P/c1-7(2)25-10(20)4-17-27-24-6-9-12(21)11(16)14(26-9)19-5-8(3)13(22)18-15(19)23/h5,7,9,11-12,14,17,21,27H,4,6H2,1-3H3,(H,18,22,23)/t9?,11?,12-,14+/m1/s1. The van der Waals surface area contributed by atoms with E-state index in [2.05, 4.69) is 10.1 Å². The third kappa shape index (κ3) is 5.66. The van der Waals surface area contributed by atoms with Crippen molar-refractivity contribution in [3.8, 4) is 0 Å². The zero-order valence-electron chi connectivity index (χ0n) is 15.1. The van der Waals surface area contributed by atoms with Crippen molar-refractivity contribution in [3.05, 3.63) is 32.6 Å². The second kappa shape index (κ2) is 9.52. The summed E-state index contributed by atoms with van der Waals surface area (Å²) in [6, 6.07) is 0. The van der Waals surface area contributed by atoms with E-state index in [0.717, 1.165) is 4.57 Å². The van der Waals surface area contributed by atoms with E-state index >= 15 is 0 Å². The third-order valence-electron chi connectivity index (χ3n) is 3.71. The molecule has 0 amide bonds. The largest absolute Gasteiger partial charge is 0.462 e. The molecule has 1 aliphatic rings. The fourth-order valence-corrected chi connectivity index (χ4v) is 2.99. The van der Waals surface area contributed by atoms with Crippen molar-refractivity contribution in [2.24, 2.45) is 0 Å². The maximum atomic E-state index is 14.4. The molecule has 12 heteroatoms. The first-order valence-corrected chi connectivity index (χ1v) is 9.20. The molecule has 2 heterocycles. The van der Waals surface area contributed by atoms with Crippen LogP contribution in [0.1, 0.15) is 25.6 Å². The summed E-state index contributed by atoms with van der Waals surface area (Å²) in [5.41, 5.74) is -1.20. The summed E-state index contributed by atoms with van der Waals surface area (Å²) in [7, 11) is -0.298. The first-order valence-electron chi connectivity index (χ1n) is 8.29. The van der Waals surface area contributed by atoms with Crippen molar-refractivity contribution in [1.82, 2.24) is 14.6 Å². The molecule has 3 unspecified atom stereocenters. The lowest BCUT2D eigenvalue weighted by molar-refractivity contribution is -0.145. The van der Waals surface area contributed by atoms with E-state index in [0.29, 0.717) is 0 Å². The zero-order chi connectivity index (χ0) is 20.1. The Bertz CT molecular complexity index is 769. The molecule has 3 N–H and O–H groups in total. The maximum absolute atomic E-state index is 14.4. The summed E-state index contributed by atoms with van der Waals surface area (Å²) < 4.78 is 30.9. The monoisotopic (exact) mass is 407 g/mol. The molecule has 1 saturated heterocycles. The summed E-state index contributed by atoms with van der Waals surface area (Å²) in [5.74, 6) is -0.435. The summed E-state index contributed by atoms with van der Waals surface area (Å²) >= 11 is 0. The minimum absolute atomic E-state index is 0.0505. The Morgan fingerprint density at radius 2 is 2.22 bits per heavy atom. The molecule has 0 aliphatic carbocycles. The van der Waals surface area contributed by atoms with E-state index in [-0.39, 0.29) is 33.8 Å². The second-order valence-corrected chi connectivity index (χ2v) is 7.13. The molecule has 5 atom stereocenters. The zero-order valence-corrected chi connectivity index (χ0v) is 16.1. The van der Waals surface area contributed by atoms with Crippen LogP contribution in [-0.2, 0) is 18.8 Å². The SMILES string of the molecule is Cc1cn([C@H]2OC(COPNCC(=O)OC(C)C)[C@@H](O)C2F)c(=O)[nH]c1=O. The van der Waals surface area contributed by atoms with Gasteiger partial charge in [-0.1, -0.05) is 0 Å². The highest BCUT2D eigenvalue weighted by Crippen LogP contribution is 2.31. The van der Waals surface area contributed by atoms with Gasteiger partial charge in [-0.2, -0.15) is 0 Å². The number of esters is 1. The van der Waals surface area contributed by atoms with E-state index in [1.165, 1.54) is 13.1 Å². The third-order valence-corrected chi connectivity index (χ3v) is 4.34. The van der Waals surface area contributed by atoms with Crippen molar-refractivity contribution in [3.63, 3.8) is 0 Å². The van der Waals surface area contributed by atoms with Crippen LogP contribution in [0.15, 0.2) is 15.8 Å². The van der Waals surface area contributed by atoms with Gasteiger partial charge in [-0.25, -0.2) is 9.18 Å². The summed E-state index contributed by atoms with van der Waals surface area (Å²) in [6.45, 7) is 4.72. The number of aromatic amines is 1. The number of hydrogen-bond donors (Lipinski definition) is 3. The van der Waals surface area contributed by atoms with Gasteiger partial charge in [0.1, 0.15) is 12.2 Å². The van der Waals surface area contributed by atoms with E-state index in [1.54, 1.807) is 13.8 Å². The number of hydrogen-bond acceptors (Lipinski definition) is 8. The number of carbonyl (C=O) groups excluding carboxylic acids is 1. The first-order chi connectivity index (χ1) is 12.7. The number of nitrogens with zero attached hydrogens (tertiary/aromatic N) is 1. The van der Waals surface area contributed by atoms with E-state index in [4.69, 9.17) is 14.0 Å². The van der Waals surface area contributed by atoms with Crippen LogP contribution in [0.3, 0.4) is 0 Å². The van der Waals surface area contributed by atoms with Gasteiger partial charge >= 0.3 is 11.7 Å². The van der Waals surface area contributed by atoms with Crippen molar-refractivity contribution in [2.75, 3.05) is 13.2 Å². The van der Waals surface area contributed by atoms with Crippen LogP contribution in [-0.4, -0.2) is 58.3 Å². The number of halogens is 1. The van der Waals surface area contributed by atoms with Gasteiger partial charge in [0.15, 0.2) is 12.4 Å². The average Bonchev–Trinajstić information content (AvgIpc) is 2.85. The molecule has 0 aromatic carbocycles. The van der Waals surface area contributed by atoms with Gasteiger partial charge in [0, 0.05) is 11.8 Å². The van der Waals surface area contributed by atoms with Gasteiger partial charge in [0.25, 0.3) is 5.56 Å². The predicted molar refractivity (Wildman–Crippen MR) is 94.4 cm³/mol. The Morgan fingerprint density at radius 1 is 1.52 bits per heavy atom. The lowest BCUT2D eigenvalue weighted by Gasteiger charge is -2.16. The topological polar surface area (TPSA) is 132 Å². The van der Waals surface area contributed by atoms with Gasteiger partial charge < -0.3 is 19.1 Å². The van der Waals surface area contributed by atoms with E-state index in [1.807, 2.05) is 0 Å². The highest BCUT2D eigenvalue weighted by Gasteiger charge is 2.45.